The Morgan fingerprint density at radius 1 is 0.800 bits per heavy atom. The molecule has 2 heterocycles. The quantitative estimate of drug-likeness (QED) is 0.310. The Bertz CT molecular complexity index is 1300. The highest BCUT2D eigenvalue weighted by Crippen LogP contribution is 2.28. The Kier molecular flexibility index (Phi) is 4.99. The number of ether oxygens (including phenoxy) is 1. The van der Waals surface area contributed by atoms with E-state index in [1.165, 1.54) is 0 Å². The molecule has 0 saturated heterocycles. The zero-order valence-corrected chi connectivity index (χ0v) is 17.4. The van der Waals surface area contributed by atoms with Crippen LogP contribution in [-0.2, 0) is 6.61 Å². The van der Waals surface area contributed by atoms with E-state index in [1.807, 2.05) is 84.9 Å². The van der Waals surface area contributed by atoms with E-state index in [0.29, 0.717) is 17.5 Å². The average molecular weight is 458 g/mol. The Balaban J connectivity index is 1.43. The minimum atomic E-state index is 0.221. The first kappa shape index (κ1) is 18.5. The topological polar surface area (TPSA) is 61.0 Å². The summed E-state index contributed by atoms with van der Waals surface area (Å²) < 4.78 is 12.5. The Hall–Kier alpha value is -3.51. The number of aromatic nitrogens is 3. The first-order chi connectivity index (χ1) is 14.8. The van der Waals surface area contributed by atoms with Gasteiger partial charge in [0, 0.05) is 21.7 Å². The second kappa shape index (κ2) is 8.08. The summed E-state index contributed by atoms with van der Waals surface area (Å²) in [5.74, 6) is 1.76. The highest BCUT2D eigenvalue weighted by molar-refractivity contribution is 9.10. The molecular formula is C24H16BrN3O2. The lowest BCUT2D eigenvalue weighted by Gasteiger charge is -2.09. The van der Waals surface area contributed by atoms with Crippen LogP contribution in [0.2, 0.25) is 0 Å². The van der Waals surface area contributed by atoms with E-state index in [9.17, 15) is 0 Å². The van der Waals surface area contributed by atoms with Crippen LogP contribution in [0.15, 0.2) is 93.9 Å². The number of halogens is 1. The number of hydrogen-bond donors (Lipinski definition) is 0. The van der Waals surface area contributed by atoms with Gasteiger partial charge in [0.05, 0.1) is 10.9 Å². The normalized spacial score (nSPS) is 11.0. The van der Waals surface area contributed by atoms with Gasteiger partial charge in [0.15, 0.2) is 18.2 Å². The van der Waals surface area contributed by atoms with Crippen LogP contribution < -0.4 is 4.74 Å². The van der Waals surface area contributed by atoms with Crippen molar-refractivity contribution in [3.8, 4) is 28.5 Å². The highest BCUT2D eigenvalue weighted by Gasteiger charge is 2.12. The Morgan fingerprint density at radius 2 is 1.57 bits per heavy atom. The number of rotatable bonds is 5. The Labute approximate surface area is 181 Å². The molecule has 0 saturated carbocycles. The lowest BCUT2D eigenvalue weighted by atomic mass is 10.1. The lowest BCUT2D eigenvalue weighted by Crippen LogP contribution is -2.00. The van der Waals surface area contributed by atoms with Crippen LogP contribution in [0.25, 0.3) is 33.5 Å². The summed E-state index contributed by atoms with van der Waals surface area (Å²) in [6, 6.07) is 27.4. The van der Waals surface area contributed by atoms with Gasteiger partial charge < -0.3 is 9.26 Å². The molecule has 0 aliphatic carbocycles. The van der Waals surface area contributed by atoms with Crippen molar-refractivity contribution in [1.29, 1.82) is 0 Å². The van der Waals surface area contributed by atoms with Gasteiger partial charge in [0.25, 0.3) is 0 Å². The summed E-state index contributed by atoms with van der Waals surface area (Å²) >= 11 is 3.44. The van der Waals surface area contributed by atoms with Crippen molar-refractivity contribution in [2.45, 2.75) is 6.61 Å². The van der Waals surface area contributed by atoms with Crippen LogP contribution in [-0.4, -0.2) is 15.1 Å². The standard InChI is InChI=1S/C24H16BrN3O2/c25-18-12-10-16(11-13-18)22-14-19(30-28-22)15-29-24-20-8-4-5-9-21(20)26-23(27-24)17-6-2-1-3-7-17/h1-14H,15H2. The molecule has 0 aliphatic heterocycles. The minimum absolute atomic E-state index is 0.221. The number of benzene rings is 3. The number of para-hydroxylation sites is 1. The van der Waals surface area contributed by atoms with Crippen molar-refractivity contribution in [1.82, 2.24) is 15.1 Å². The minimum Gasteiger partial charge on any atom is -0.469 e. The van der Waals surface area contributed by atoms with E-state index in [-0.39, 0.29) is 6.61 Å². The van der Waals surface area contributed by atoms with E-state index in [2.05, 4.69) is 31.1 Å². The first-order valence-corrected chi connectivity index (χ1v) is 10.2. The molecule has 5 rings (SSSR count). The molecule has 0 spiro atoms. The fourth-order valence-corrected chi connectivity index (χ4v) is 3.42. The monoisotopic (exact) mass is 457 g/mol. The Morgan fingerprint density at radius 3 is 2.40 bits per heavy atom. The molecule has 0 bridgehead atoms. The van der Waals surface area contributed by atoms with E-state index < -0.39 is 0 Å². The summed E-state index contributed by atoms with van der Waals surface area (Å²) in [7, 11) is 0. The second-order valence-electron chi connectivity index (χ2n) is 6.71. The number of nitrogens with zero attached hydrogens (tertiary/aromatic N) is 3. The summed E-state index contributed by atoms with van der Waals surface area (Å²) in [6.07, 6.45) is 0. The predicted molar refractivity (Wildman–Crippen MR) is 119 cm³/mol. The van der Waals surface area contributed by atoms with Crippen molar-refractivity contribution in [2.24, 2.45) is 0 Å². The molecule has 146 valence electrons. The largest absolute Gasteiger partial charge is 0.469 e. The van der Waals surface area contributed by atoms with Crippen molar-refractivity contribution in [3.63, 3.8) is 0 Å². The van der Waals surface area contributed by atoms with Gasteiger partial charge in [0.1, 0.15) is 5.69 Å². The van der Waals surface area contributed by atoms with Crippen molar-refractivity contribution in [3.05, 3.63) is 95.2 Å². The molecule has 0 fully saturated rings. The van der Waals surface area contributed by atoms with E-state index in [0.717, 1.165) is 32.2 Å². The second-order valence-corrected chi connectivity index (χ2v) is 7.63. The van der Waals surface area contributed by atoms with Gasteiger partial charge in [-0.2, -0.15) is 4.98 Å². The van der Waals surface area contributed by atoms with E-state index in [4.69, 9.17) is 9.26 Å². The van der Waals surface area contributed by atoms with Crippen molar-refractivity contribution < 1.29 is 9.26 Å². The van der Waals surface area contributed by atoms with Gasteiger partial charge >= 0.3 is 0 Å². The van der Waals surface area contributed by atoms with Crippen LogP contribution in [0.1, 0.15) is 5.76 Å². The van der Waals surface area contributed by atoms with Gasteiger partial charge in [-0.3, -0.25) is 0 Å². The van der Waals surface area contributed by atoms with Crippen LogP contribution in [0.5, 0.6) is 5.88 Å². The van der Waals surface area contributed by atoms with Crippen LogP contribution >= 0.6 is 15.9 Å². The van der Waals surface area contributed by atoms with Gasteiger partial charge in [-0.15, -0.1) is 0 Å². The van der Waals surface area contributed by atoms with Crippen LogP contribution in [0, 0.1) is 0 Å². The molecular weight excluding hydrogens is 442 g/mol. The smallest absolute Gasteiger partial charge is 0.225 e. The lowest BCUT2D eigenvalue weighted by molar-refractivity contribution is 0.244. The van der Waals surface area contributed by atoms with Gasteiger partial charge in [0.2, 0.25) is 5.88 Å². The summed E-state index contributed by atoms with van der Waals surface area (Å²) in [5.41, 5.74) is 3.51. The highest BCUT2D eigenvalue weighted by atomic mass is 79.9. The molecule has 0 unspecified atom stereocenters. The van der Waals surface area contributed by atoms with Crippen LogP contribution in [0.3, 0.4) is 0 Å². The maximum Gasteiger partial charge on any atom is 0.225 e. The molecule has 0 atom stereocenters. The van der Waals surface area contributed by atoms with Gasteiger partial charge in [-0.25, -0.2) is 4.98 Å². The maximum atomic E-state index is 6.04. The summed E-state index contributed by atoms with van der Waals surface area (Å²) in [4.78, 5) is 9.34. The number of hydrogen-bond acceptors (Lipinski definition) is 5. The fraction of sp³-hybridized carbons (Fsp3) is 0.0417. The van der Waals surface area contributed by atoms with Crippen molar-refractivity contribution in [2.75, 3.05) is 0 Å². The van der Waals surface area contributed by atoms with Crippen molar-refractivity contribution >= 4 is 26.8 Å². The zero-order chi connectivity index (χ0) is 20.3. The molecule has 3 aromatic carbocycles. The molecule has 5 nitrogen and oxygen atoms in total. The maximum absolute atomic E-state index is 6.04. The zero-order valence-electron chi connectivity index (χ0n) is 15.8. The third-order valence-electron chi connectivity index (χ3n) is 4.65. The predicted octanol–water partition coefficient (Wildman–Crippen LogP) is 6.29. The molecule has 5 aromatic rings. The van der Waals surface area contributed by atoms with E-state index >= 15 is 0 Å². The molecule has 0 aliphatic rings. The fourth-order valence-electron chi connectivity index (χ4n) is 3.15. The van der Waals surface area contributed by atoms with E-state index in [1.54, 1.807) is 0 Å². The summed E-state index contributed by atoms with van der Waals surface area (Å²) in [5, 5.41) is 5.00. The van der Waals surface area contributed by atoms with Gasteiger partial charge in [-0.05, 0) is 24.3 Å². The third kappa shape index (κ3) is 3.82. The summed E-state index contributed by atoms with van der Waals surface area (Å²) in [6.45, 7) is 0.221. The molecule has 6 heteroatoms. The molecule has 2 aromatic heterocycles. The van der Waals surface area contributed by atoms with Crippen LogP contribution in [0.4, 0.5) is 0 Å². The first-order valence-electron chi connectivity index (χ1n) is 9.43. The third-order valence-corrected chi connectivity index (χ3v) is 5.18. The molecule has 0 amide bonds. The molecule has 0 radical (unpaired) electrons. The molecule has 30 heavy (non-hydrogen) atoms. The molecule has 0 N–H and O–H groups in total. The number of fused-ring (bicyclic) bond motifs is 1. The van der Waals surface area contributed by atoms with Gasteiger partial charge in [-0.1, -0.05) is 75.7 Å². The average Bonchev–Trinajstić information content (AvgIpc) is 3.27. The SMILES string of the molecule is Brc1ccc(-c2cc(COc3nc(-c4ccccc4)nc4ccccc34)on2)cc1.